The van der Waals surface area contributed by atoms with Crippen molar-refractivity contribution in [1.29, 1.82) is 0 Å². The number of hydrogen-bond donors (Lipinski definition) is 2. The minimum Gasteiger partial charge on any atom is -0.326 e. The molecule has 1 aliphatic carbocycles. The quantitative estimate of drug-likeness (QED) is 0.840. The molecule has 0 amide bonds. The van der Waals surface area contributed by atoms with E-state index in [2.05, 4.69) is 4.72 Å². The van der Waals surface area contributed by atoms with Gasteiger partial charge in [-0.15, -0.1) is 11.3 Å². The van der Waals surface area contributed by atoms with Crippen molar-refractivity contribution in [2.24, 2.45) is 5.73 Å². The fraction of sp³-hybridized carbons (Fsp3) is 0.636. The van der Waals surface area contributed by atoms with Crippen LogP contribution in [0.15, 0.2) is 16.3 Å². The first-order valence-corrected chi connectivity index (χ1v) is 9.43. The fourth-order valence-electron chi connectivity index (χ4n) is 2.05. The van der Waals surface area contributed by atoms with Crippen LogP contribution in [0.25, 0.3) is 0 Å². The van der Waals surface area contributed by atoms with E-state index in [9.17, 15) is 8.42 Å². The standard InChI is InChI=1S/C11H18N2O2S3/c1-16-11(4-2-5-11)8-13-18(14,15)10-3-6-17-9(10)7-12/h3,6,13H,2,4-5,7-8,12H2,1H3. The van der Waals surface area contributed by atoms with Gasteiger partial charge in [-0.3, -0.25) is 0 Å². The van der Waals surface area contributed by atoms with Crippen LogP contribution in [0.3, 0.4) is 0 Å². The van der Waals surface area contributed by atoms with Crippen LogP contribution in [0, 0.1) is 0 Å². The summed E-state index contributed by atoms with van der Waals surface area (Å²) in [6, 6.07) is 1.63. The molecule has 18 heavy (non-hydrogen) atoms. The third kappa shape index (κ3) is 2.75. The maximum atomic E-state index is 12.2. The predicted molar refractivity (Wildman–Crippen MR) is 77.5 cm³/mol. The molecule has 1 aromatic rings. The molecule has 0 atom stereocenters. The molecule has 4 nitrogen and oxygen atoms in total. The van der Waals surface area contributed by atoms with Crippen molar-refractivity contribution in [1.82, 2.24) is 4.72 Å². The molecule has 0 radical (unpaired) electrons. The maximum Gasteiger partial charge on any atom is 0.241 e. The summed E-state index contributed by atoms with van der Waals surface area (Å²) >= 11 is 3.14. The molecule has 2 rings (SSSR count). The van der Waals surface area contributed by atoms with Gasteiger partial charge in [0.1, 0.15) is 0 Å². The summed E-state index contributed by atoms with van der Waals surface area (Å²) in [4.78, 5) is 1.06. The number of sulfonamides is 1. The molecule has 1 fully saturated rings. The SMILES string of the molecule is CSC1(CNS(=O)(=O)c2ccsc2CN)CCC1. The zero-order chi connectivity index (χ0) is 13.2. The van der Waals surface area contributed by atoms with Crippen molar-refractivity contribution in [2.75, 3.05) is 12.8 Å². The van der Waals surface area contributed by atoms with Crippen LogP contribution < -0.4 is 10.5 Å². The lowest BCUT2D eigenvalue weighted by Gasteiger charge is -2.40. The van der Waals surface area contributed by atoms with Crippen LogP contribution in [0.2, 0.25) is 0 Å². The van der Waals surface area contributed by atoms with Crippen molar-refractivity contribution in [3.8, 4) is 0 Å². The van der Waals surface area contributed by atoms with E-state index in [0.717, 1.165) is 12.8 Å². The molecule has 0 aromatic carbocycles. The van der Waals surface area contributed by atoms with E-state index < -0.39 is 10.0 Å². The molecule has 3 N–H and O–H groups in total. The van der Waals surface area contributed by atoms with Crippen LogP contribution >= 0.6 is 23.1 Å². The summed E-state index contributed by atoms with van der Waals surface area (Å²) < 4.78 is 27.2. The minimum absolute atomic E-state index is 0.103. The molecule has 1 heterocycles. The second kappa shape index (κ2) is 5.50. The van der Waals surface area contributed by atoms with E-state index in [1.54, 1.807) is 23.2 Å². The van der Waals surface area contributed by atoms with E-state index in [1.165, 1.54) is 17.8 Å². The Morgan fingerprint density at radius 3 is 2.78 bits per heavy atom. The Kier molecular flexibility index (Phi) is 4.38. The van der Waals surface area contributed by atoms with Crippen molar-refractivity contribution in [2.45, 2.75) is 35.4 Å². The summed E-state index contributed by atoms with van der Waals surface area (Å²) in [5.74, 6) is 0. The highest BCUT2D eigenvalue weighted by molar-refractivity contribution is 8.00. The fourth-order valence-corrected chi connectivity index (χ4v) is 5.51. The molecular formula is C11H18N2O2S3. The van der Waals surface area contributed by atoms with Gasteiger partial charge >= 0.3 is 0 Å². The molecule has 0 saturated heterocycles. The average Bonchev–Trinajstić information content (AvgIpc) is 2.77. The highest BCUT2D eigenvalue weighted by Gasteiger charge is 2.37. The number of nitrogens with one attached hydrogen (secondary N) is 1. The monoisotopic (exact) mass is 306 g/mol. The van der Waals surface area contributed by atoms with Crippen LogP contribution in [0.4, 0.5) is 0 Å². The lowest BCUT2D eigenvalue weighted by molar-refractivity contribution is 0.362. The number of thioether (sulfide) groups is 1. The molecular weight excluding hydrogens is 288 g/mol. The Labute approximate surface area is 116 Å². The third-order valence-electron chi connectivity index (χ3n) is 3.46. The van der Waals surface area contributed by atoms with Crippen LogP contribution in [-0.2, 0) is 16.6 Å². The van der Waals surface area contributed by atoms with E-state index in [-0.39, 0.29) is 11.3 Å². The molecule has 1 aromatic heterocycles. The topological polar surface area (TPSA) is 72.2 Å². The van der Waals surface area contributed by atoms with Gasteiger partial charge < -0.3 is 5.73 Å². The molecule has 102 valence electrons. The van der Waals surface area contributed by atoms with Crippen LogP contribution in [-0.4, -0.2) is 26.0 Å². The van der Waals surface area contributed by atoms with Crippen molar-refractivity contribution in [3.63, 3.8) is 0 Å². The Morgan fingerprint density at radius 1 is 1.56 bits per heavy atom. The van der Waals surface area contributed by atoms with Gasteiger partial charge in [-0.2, -0.15) is 11.8 Å². The molecule has 0 bridgehead atoms. The number of rotatable bonds is 6. The Balaban J connectivity index is 2.08. The molecule has 0 unspecified atom stereocenters. The highest BCUT2D eigenvalue weighted by atomic mass is 32.2. The largest absolute Gasteiger partial charge is 0.326 e. The van der Waals surface area contributed by atoms with E-state index in [0.29, 0.717) is 16.3 Å². The van der Waals surface area contributed by atoms with Gasteiger partial charge in [0.15, 0.2) is 0 Å². The molecule has 0 spiro atoms. The minimum atomic E-state index is -3.41. The first-order valence-electron chi connectivity index (χ1n) is 5.84. The second-order valence-corrected chi connectivity index (χ2v) is 8.49. The second-order valence-electron chi connectivity index (χ2n) is 4.48. The smallest absolute Gasteiger partial charge is 0.241 e. The summed E-state index contributed by atoms with van der Waals surface area (Å²) in [6.07, 6.45) is 5.41. The number of hydrogen-bond acceptors (Lipinski definition) is 5. The highest BCUT2D eigenvalue weighted by Crippen LogP contribution is 2.42. The Morgan fingerprint density at radius 2 is 2.28 bits per heavy atom. The van der Waals surface area contributed by atoms with Crippen LogP contribution in [0.5, 0.6) is 0 Å². The lowest BCUT2D eigenvalue weighted by Crippen LogP contribution is -2.45. The molecule has 1 aliphatic rings. The van der Waals surface area contributed by atoms with Gasteiger partial charge in [0.2, 0.25) is 10.0 Å². The van der Waals surface area contributed by atoms with Crippen molar-refractivity contribution < 1.29 is 8.42 Å². The van der Waals surface area contributed by atoms with E-state index >= 15 is 0 Å². The maximum absolute atomic E-state index is 12.2. The zero-order valence-electron chi connectivity index (χ0n) is 10.3. The predicted octanol–water partition coefficient (Wildman–Crippen LogP) is 1.77. The van der Waals surface area contributed by atoms with Crippen molar-refractivity contribution >= 4 is 33.1 Å². The van der Waals surface area contributed by atoms with Gasteiger partial charge in [0, 0.05) is 22.7 Å². The van der Waals surface area contributed by atoms with Gasteiger partial charge in [0.25, 0.3) is 0 Å². The first kappa shape index (κ1) is 14.3. The van der Waals surface area contributed by atoms with Crippen molar-refractivity contribution in [3.05, 3.63) is 16.3 Å². The number of thiophene rings is 1. The Bertz CT molecular complexity index is 501. The third-order valence-corrected chi connectivity index (χ3v) is 7.44. The molecule has 0 aliphatic heterocycles. The average molecular weight is 306 g/mol. The normalized spacial score (nSPS) is 18.6. The molecule has 7 heteroatoms. The first-order chi connectivity index (χ1) is 8.53. The van der Waals surface area contributed by atoms with Gasteiger partial charge in [0.05, 0.1) is 4.90 Å². The van der Waals surface area contributed by atoms with E-state index in [4.69, 9.17) is 5.73 Å². The summed E-state index contributed by atoms with van der Waals surface area (Å²) in [7, 11) is -3.41. The van der Waals surface area contributed by atoms with Gasteiger partial charge in [-0.1, -0.05) is 6.42 Å². The summed E-state index contributed by atoms with van der Waals surface area (Å²) in [5.41, 5.74) is 5.55. The van der Waals surface area contributed by atoms with Gasteiger partial charge in [-0.05, 0) is 30.5 Å². The Hall–Kier alpha value is -0.0800. The van der Waals surface area contributed by atoms with E-state index in [1.807, 2.05) is 6.26 Å². The zero-order valence-corrected chi connectivity index (χ0v) is 12.8. The summed E-state index contributed by atoms with van der Waals surface area (Å²) in [6.45, 7) is 0.776. The lowest BCUT2D eigenvalue weighted by atomic mass is 9.84. The van der Waals surface area contributed by atoms with Crippen LogP contribution in [0.1, 0.15) is 24.1 Å². The summed E-state index contributed by atoms with van der Waals surface area (Å²) in [5, 5.41) is 1.77. The number of nitrogens with two attached hydrogens (primary N) is 1. The van der Waals surface area contributed by atoms with Gasteiger partial charge in [-0.25, -0.2) is 13.1 Å². The molecule has 1 saturated carbocycles.